The lowest BCUT2D eigenvalue weighted by molar-refractivity contribution is -0.659. The molecule has 3 heteroatoms. The first kappa shape index (κ1) is 10.0. The molecule has 84 valence electrons. The van der Waals surface area contributed by atoms with Crippen molar-refractivity contribution in [2.45, 2.75) is 6.92 Å². The lowest BCUT2D eigenvalue weighted by Crippen LogP contribution is -2.30. The molecule has 3 aromatic rings. The Hall–Kier alpha value is -2.16. The summed E-state index contributed by atoms with van der Waals surface area (Å²) in [5.41, 5.74) is 5.32. The van der Waals surface area contributed by atoms with Crippen molar-refractivity contribution in [2.75, 3.05) is 0 Å². The van der Waals surface area contributed by atoms with Crippen LogP contribution in [0.5, 0.6) is 0 Å². The molecule has 0 spiro atoms. The third-order valence-corrected chi connectivity index (χ3v) is 3.01. The number of oxazole rings is 1. The molecule has 0 fully saturated rings. The van der Waals surface area contributed by atoms with Gasteiger partial charge in [0.1, 0.15) is 12.6 Å². The molecule has 0 aliphatic carbocycles. The van der Waals surface area contributed by atoms with Crippen molar-refractivity contribution < 1.29 is 8.98 Å². The zero-order valence-electron chi connectivity index (χ0n) is 9.84. The van der Waals surface area contributed by atoms with E-state index in [2.05, 4.69) is 40.7 Å². The van der Waals surface area contributed by atoms with Gasteiger partial charge in [-0.05, 0) is 18.6 Å². The second-order valence-corrected chi connectivity index (χ2v) is 4.19. The molecule has 0 aliphatic heterocycles. The smallest absolute Gasteiger partial charge is 0.218 e. The van der Waals surface area contributed by atoms with Gasteiger partial charge in [0, 0.05) is 11.6 Å². The fourth-order valence-electron chi connectivity index (χ4n) is 2.07. The minimum atomic E-state index is 0.810. The number of hydrogen-bond acceptors (Lipinski definition) is 2. The van der Waals surface area contributed by atoms with Crippen LogP contribution in [-0.4, -0.2) is 4.98 Å². The summed E-state index contributed by atoms with van der Waals surface area (Å²) in [7, 11) is 2.02. The van der Waals surface area contributed by atoms with Gasteiger partial charge >= 0.3 is 0 Å². The fraction of sp³-hybridized carbons (Fsp3) is 0.143. The molecule has 17 heavy (non-hydrogen) atoms. The van der Waals surface area contributed by atoms with Crippen LogP contribution in [0.1, 0.15) is 5.56 Å². The summed E-state index contributed by atoms with van der Waals surface area (Å²) in [6.07, 6.45) is 3.44. The van der Waals surface area contributed by atoms with Crippen LogP contribution in [0.15, 0.2) is 47.3 Å². The maximum atomic E-state index is 5.29. The highest BCUT2D eigenvalue weighted by atomic mass is 16.3. The first-order valence-electron chi connectivity index (χ1n) is 5.54. The van der Waals surface area contributed by atoms with E-state index in [0.717, 1.165) is 16.8 Å². The van der Waals surface area contributed by atoms with E-state index in [9.17, 15) is 0 Å². The van der Waals surface area contributed by atoms with Crippen LogP contribution in [0.3, 0.4) is 0 Å². The maximum absolute atomic E-state index is 5.29. The van der Waals surface area contributed by atoms with Crippen LogP contribution < -0.4 is 4.57 Å². The Kier molecular flexibility index (Phi) is 2.18. The maximum Gasteiger partial charge on any atom is 0.218 e. The molecule has 2 heterocycles. The van der Waals surface area contributed by atoms with Crippen molar-refractivity contribution in [1.29, 1.82) is 0 Å². The molecule has 3 rings (SSSR count). The molecular formula is C14H13N2O+. The molecular weight excluding hydrogens is 212 g/mol. The molecule has 0 saturated carbocycles. The van der Waals surface area contributed by atoms with E-state index < -0.39 is 0 Å². The Labute approximate surface area is 99.3 Å². The number of aryl methyl sites for hydroxylation is 2. The summed E-state index contributed by atoms with van der Waals surface area (Å²) < 4.78 is 7.35. The van der Waals surface area contributed by atoms with Gasteiger partial charge in [0.2, 0.25) is 17.5 Å². The van der Waals surface area contributed by atoms with E-state index >= 15 is 0 Å². The van der Waals surface area contributed by atoms with Crippen LogP contribution in [-0.2, 0) is 7.05 Å². The molecule has 0 bridgehead atoms. The molecule has 3 nitrogen and oxygen atoms in total. The van der Waals surface area contributed by atoms with E-state index in [1.807, 2.05) is 19.3 Å². The van der Waals surface area contributed by atoms with Crippen LogP contribution in [0, 0.1) is 6.92 Å². The van der Waals surface area contributed by atoms with Crippen LogP contribution in [0.2, 0.25) is 0 Å². The van der Waals surface area contributed by atoms with E-state index in [0.29, 0.717) is 0 Å². The third kappa shape index (κ3) is 1.60. The topological polar surface area (TPSA) is 29.9 Å². The molecule has 0 amide bonds. The van der Waals surface area contributed by atoms with Crippen LogP contribution >= 0.6 is 0 Å². The highest BCUT2D eigenvalue weighted by Gasteiger charge is 2.15. The van der Waals surface area contributed by atoms with E-state index in [4.69, 9.17) is 4.42 Å². The fourth-order valence-corrected chi connectivity index (χ4v) is 2.07. The summed E-state index contributed by atoms with van der Waals surface area (Å²) in [6, 6.07) is 10.4. The molecule has 2 aromatic heterocycles. The average molecular weight is 225 g/mol. The van der Waals surface area contributed by atoms with Gasteiger partial charge in [-0.3, -0.25) is 0 Å². The van der Waals surface area contributed by atoms with Gasteiger partial charge in [-0.25, -0.2) is 4.98 Å². The minimum absolute atomic E-state index is 0.810. The summed E-state index contributed by atoms with van der Waals surface area (Å²) in [4.78, 5) is 4.20. The van der Waals surface area contributed by atoms with E-state index in [1.165, 1.54) is 17.5 Å². The number of benzene rings is 1. The number of fused-ring (bicyclic) bond motifs is 1. The molecule has 0 N–H and O–H groups in total. The second kappa shape index (κ2) is 3.70. The Bertz CT molecular complexity index is 686. The van der Waals surface area contributed by atoms with Crippen molar-refractivity contribution in [2.24, 2.45) is 7.05 Å². The van der Waals surface area contributed by atoms with Gasteiger partial charge in [-0.1, -0.05) is 18.2 Å². The monoisotopic (exact) mass is 225 g/mol. The molecule has 0 saturated heterocycles. The lowest BCUT2D eigenvalue weighted by atomic mass is 10.0. The molecule has 1 aromatic carbocycles. The van der Waals surface area contributed by atoms with Crippen molar-refractivity contribution in [3.05, 3.63) is 48.5 Å². The van der Waals surface area contributed by atoms with Crippen LogP contribution in [0.4, 0.5) is 0 Å². The van der Waals surface area contributed by atoms with Crippen LogP contribution in [0.25, 0.3) is 22.4 Å². The first-order valence-corrected chi connectivity index (χ1v) is 5.54. The van der Waals surface area contributed by atoms with E-state index in [-0.39, 0.29) is 0 Å². The number of rotatable bonds is 1. The Balaban J connectivity index is 2.30. The number of pyridine rings is 1. The number of hydrogen-bond donors (Lipinski definition) is 0. The average Bonchev–Trinajstić information content (AvgIpc) is 2.76. The van der Waals surface area contributed by atoms with Gasteiger partial charge in [0.05, 0.1) is 0 Å². The van der Waals surface area contributed by atoms with Gasteiger partial charge < -0.3 is 4.42 Å². The molecule has 0 radical (unpaired) electrons. The quantitative estimate of drug-likeness (QED) is 0.596. The second-order valence-electron chi connectivity index (χ2n) is 4.19. The normalized spacial score (nSPS) is 10.9. The Morgan fingerprint density at radius 2 is 2.06 bits per heavy atom. The highest BCUT2D eigenvalue weighted by molar-refractivity contribution is 5.75. The lowest BCUT2D eigenvalue weighted by Gasteiger charge is -2.03. The predicted octanol–water partition coefficient (Wildman–Crippen LogP) is 2.63. The van der Waals surface area contributed by atoms with Gasteiger partial charge in [0.25, 0.3) is 0 Å². The Morgan fingerprint density at radius 3 is 2.88 bits per heavy atom. The summed E-state index contributed by atoms with van der Waals surface area (Å²) in [6.45, 7) is 2.11. The van der Waals surface area contributed by atoms with Crippen molar-refractivity contribution >= 4 is 11.1 Å². The minimum Gasteiger partial charge on any atom is -0.437 e. The number of nitrogens with zero attached hydrogens (tertiary/aromatic N) is 2. The first-order chi connectivity index (χ1) is 8.25. The summed E-state index contributed by atoms with van der Waals surface area (Å²) in [5, 5.41) is 0. The SMILES string of the molecule is Cc1ccccc1-c1cc2ncoc2c[n+]1C. The molecule has 0 aliphatic rings. The molecule has 0 atom stereocenters. The zero-order chi connectivity index (χ0) is 11.8. The van der Waals surface area contributed by atoms with Crippen molar-refractivity contribution in [3.8, 4) is 11.3 Å². The van der Waals surface area contributed by atoms with Gasteiger partial charge in [-0.2, -0.15) is 4.57 Å². The largest absolute Gasteiger partial charge is 0.437 e. The summed E-state index contributed by atoms with van der Waals surface area (Å²) >= 11 is 0. The van der Waals surface area contributed by atoms with Crippen molar-refractivity contribution in [1.82, 2.24) is 4.98 Å². The predicted molar refractivity (Wildman–Crippen MR) is 65.4 cm³/mol. The van der Waals surface area contributed by atoms with Crippen molar-refractivity contribution in [3.63, 3.8) is 0 Å². The summed E-state index contributed by atoms with van der Waals surface area (Å²) in [5.74, 6) is 0. The van der Waals surface area contributed by atoms with Gasteiger partial charge in [0.15, 0.2) is 6.39 Å². The third-order valence-electron chi connectivity index (χ3n) is 3.01. The standard InChI is InChI=1S/C14H13N2O/c1-10-5-3-4-6-11(10)13-7-12-14(8-16(13)2)17-9-15-12/h3-9H,1-2H3/q+1. The Morgan fingerprint density at radius 1 is 1.24 bits per heavy atom. The number of aromatic nitrogens is 2. The molecule has 0 unspecified atom stereocenters. The zero-order valence-corrected chi connectivity index (χ0v) is 9.84. The highest BCUT2D eigenvalue weighted by Crippen LogP contribution is 2.22. The van der Waals surface area contributed by atoms with Gasteiger partial charge in [-0.15, -0.1) is 0 Å². The van der Waals surface area contributed by atoms with E-state index in [1.54, 1.807) is 0 Å².